The van der Waals surface area contributed by atoms with Gasteiger partial charge in [-0.25, -0.2) is 0 Å². The zero-order valence-electron chi connectivity index (χ0n) is 9.34. The van der Waals surface area contributed by atoms with Crippen LogP contribution in [0.15, 0.2) is 47.8 Å². The Labute approximate surface area is 100 Å². The van der Waals surface area contributed by atoms with Crippen LogP contribution < -0.4 is 0 Å². The summed E-state index contributed by atoms with van der Waals surface area (Å²) in [5, 5.41) is 12.1. The summed E-state index contributed by atoms with van der Waals surface area (Å²) >= 11 is 1.62. The molecule has 0 saturated carbocycles. The van der Waals surface area contributed by atoms with Gasteiger partial charge in [0.2, 0.25) is 0 Å². The Morgan fingerprint density at radius 1 is 1.12 bits per heavy atom. The second kappa shape index (κ2) is 5.28. The van der Waals surface area contributed by atoms with Crippen LogP contribution in [0.5, 0.6) is 0 Å². The molecule has 0 aliphatic carbocycles. The van der Waals surface area contributed by atoms with Crippen LogP contribution >= 0.6 is 11.3 Å². The maximum Gasteiger partial charge on any atom is 0.0887 e. The van der Waals surface area contributed by atoms with Gasteiger partial charge in [-0.15, -0.1) is 11.3 Å². The molecule has 2 unspecified atom stereocenters. The van der Waals surface area contributed by atoms with Crippen molar-refractivity contribution in [2.45, 2.75) is 25.4 Å². The number of aliphatic hydroxyl groups excluding tert-OH is 1. The van der Waals surface area contributed by atoms with Gasteiger partial charge in [0.15, 0.2) is 0 Å². The Morgan fingerprint density at radius 3 is 2.50 bits per heavy atom. The van der Waals surface area contributed by atoms with Crippen molar-refractivity contribution in [3.8, 4) is 0 Å². The average molecular weight is 232 g/mol. The maximum atomic E-state index is 10.1. The quantitative estimate of drug-likeness (QED) is 0.845. The van der Waals surface area contributed by atoms with E-state index in [0.717, 1.165) is 11.3 Å². The van der Waals surface area contributed by atoms with Gasteiger partial charge < -0.3 is 5.11 Å². The molecule has 2 aromatic rings. The molecule has 2 atom stereocenters. The minimum absolute atomic E-state index is 0.338. The van der Waals surface area contributed by atoms with Crippen molar-refractivity contribution < 1.29 is 5.11 Å². The molecule has 1 heterocycles. The molecular weight excluding hydrogens is 216 g/mol. The second-order valence-electron chi connectivity index (χ2n) is 4.08. The third kappa shape index (κ3) is 2.71. The molecule has 0 aliphatic rings. The highest BCUT2D eigenvalue weighted by atomic mass is 32.1. The Balaban J connectivity index is 2.00. The van der Waals surface area contributed by atoms with Crippen molar-refractivity contribution in [2.24, 2.45) is 0 Å². The molecule has 0 saturated heterocycles. The Kier molecular flexibility index (Phi) is 3.75. The van der Waals surface area contributed by atoms with Gasteiger partial charge in [-0.05, 0) is 29.3 Å². The lowest BCUT2D eigenvalue weighted by Gasteiger charge is -2.15. The van der Waals surface area contributed by atoms with E-state index in [1.165, 1.54) is 5.56 Å². The fourth-order valence-electron chi connectivity index (χ4n) is 1.85. The van der Waals surface area contributed by atoms with Crippen molar-refractivity contribution in [1.29, 1.82) is 0 Å². The summed E-state index contributed by atoms with van der Waals surface area (Å²) in [6, 6.07) is 14.3. The van der Waals surface area contributed by atoms with Crippen molar-refractivity contribution in [3.05, 3.63) is 58.3 Å². The first-order chi connectivity index (χ1) is 7.77. The monoisotopic (exact) mass is 232 g/mol. The zero-order valence-corrected chi connectivity index (χ0v) is 10.2. The van der Waals surface area contributed by atoms with E-state index in [1.54, 1.807) is 11.3 Å². The molecule has 1 aromatic carbocycles. The maximum absolute atomic E-state index is 10.1. The lowest BCUT2D eigenvalue weighted by Crippen LogP contribution is -2.01. The number of hydrogen-bond acceptors (Lipinski definition) is 2. The summed E-state index contributed by atoms with van der Waals surface area (Å²) in [6.45, 7) is 2.16. The molecule has 0 radical (unpaired) electrons. The minimum Gasteiger partial charge on any atom is -0.388 e. The molecule has 84 valence electrons. The highest BCUT2D eigenvalue weighted by Crippen LogP contribution is 2.29. The van der Waals surface area contributed by atoms with E-state index in [-0.39, 0.29) is 6.10 Å². The van der Waals surface area contributed by atoms with Gasteiger partial charge in [0, 0.05) is 4.88 Å². The summed E-state index contributed by atoms with van der Waals surface area (Å²) in [5.74, 6) is 0.387. The molecule has 0 aliphatic heterocycles. The molecule has 16 heavy (non-hydrogen) atoms. The van der Waals surface area contributed by atoms with Crippen molar-refractivity contribution >= 4 is 11.3 Å². The highest BCUT2D eigenvalue weighted by Gasteiger charge is 2.14. The lowest BCUT2D eigenvalue weighted by molar-refractivity contribution is 0.163. The van der Waals surface area contributed by atoms with E-state index in [2.05, 4.69) is 19.1 Å². The van der Waals surface area contributed by atoms with Crippen LogP contribution in [0.1, 0.15) is 35.8 Å². The van der Waals surface area contributed by atoms with E-state index in [9.17, 15) is 5.11 Å². The first-order valence-corrected chi connectivity index (χ1v) is 6.41. The van der Waals surface area contributed by atoms with E-state index < -0.39 is 0 Å². The fraction of sp³-hybridized carbons (Fsp3) is 0.286. The first-order valence-electron chi connectivity index (χ1n) is 5.54. The van der Waals surface area contributed by atoms with Crippen molar-refractivity contribution in [1.82, 2.24) is 0 Å². The molecule has 0 fully saturated rings. The molecular formula is C14H16OS. The number of hydrogen-bond donors (Lipinski definition) is 1. The van der Waals surface area contributed by atoms with Gasteiger partial charge >= 0.3 is 0 Å². The minimum atomic E-state index is -0.338. The van der Waals surface area contributed by atoms with Crippen LogP contribution in [0.3, 0.4) is 0 Å². The Bertz CT molecular complexity index is 408. The number of aliphatic hydroxyl groups is 1. The normalized spacial score (nSPS) is 14.6. The molecule has 0 spiro atoms. The highest BCUT2D eigenvalue weighted by molar-refractivity contribution is 7.10. The van der Waals surface area contributed by atoms with E-state index in [1.807, 2.05) is 35.7 Å². The standard InChI is InChI=1S/C14H16OS/c1-11(12-6-3-2-4-7-12)10-13(15)14-8-5-9-16-14/h2-9,11,13,15H,10H2,1H3. The zero-order chi connectivity index (χ0) is 11.4. The summed E-state index contributed by atoms with van der Waals surface area (Å²) in [5.41, 5.74) is 1.29. The molecule has 0 amide bonds. The Hall–Kier alpha value is -1.12. The van der Waals surface area contributed by atoms with Crippen LogP contribution in [-0.2, 0) is 0 Å². The SMILES string of the molecule is CC(CC(O)c1cccs1)c1ccccc1. The van der Waals surface area contributed by atoms with Crippen molar-refractivity contribution in [3.63, 3.8) is 0 Å². The van der Waals surface area contributed by atoms with Gasteiger partial charge in [-0.2, -0.15) is 0 Å². The molecule has 1 aromatic heterocycles. The molecule has 2 heteroatoms. The summed E-state index contributed by atoms with van der Waals surface area (Å²) in [4.78, 5) is 1.06. The molecule has 2 rings (SSSR count). The third-order valence-corrected chi connectivity index (χ3v) is 3.79. The predicted molar refractivity (Wildman–Crippen MR) is 68.8 cm³/mol. The summed E-state index contributed by atoms with van der Waals surface area (Å²) in [6.07, 6.45) is 0.444. The summed E-state index contributed by atoms with van der Waals surface area (Å²) in [7, 11) is 0. The number of rotatable bonds is 4. The topological polar surface area (TPSA) is 20.2 Å². The number of thiophene rings is 1. The van der Waals surface area contributed by atoms with E-state index in [4.69, 9.17) is 0 Å². The van der Waals surface area contributed by atoms with Gasteiger partial charge in [0.05, 0.1) is 6.10 Å². The van der Waals surface area contributed by atoms with Crippen LogP contribution in [0.4, 0.5) is 0 Å². The van der Waals surface area contributed by atoms with Gasteiger partial charge in [-0.3, -0.25) is 0 Å². The molecule has 1 N–H and O–H groups in total. The van der Waals surface area contributed by atoms with Gasteiger partial charge in [-0.1, -0.05) is 43.3 Å². The van der Waals surface area contributed by atoms with Crippen molar-refractivity contribution in [2.75, 3.05) is 0 Å². The van der Waals surface area contributed by atoms with Crippen LogP contribution in [0.25, 0.3) is 0 Å². The van der Waals surface area contributed by atoms with E-state index >= 15 is 0 Å². The molecule has 0 bridgehead atoms. The number of benzene rings is 1. The second-order valence-corrected chi connectivity index (χ2v) is 5.06. The third-order valence-electron chi connectivity index (χ3n) is 2.82. The van der Waals surface area contributed by atoms with Crippen LogP contribution in [-0.4, -0.2) is 5.11 Å². The Morgan fingerprint density at radius 2 is 1.88 bits per heavy atom. The first kappa shape index (κ1) is 11.4. The average Bonchev–Trinajstić information content (AvgIpc) is 2.83. The lowest BCUT2D eigenvalue weighted by atomic mass is 9.95. The van der Waals surface area contributed by atoms with Crippen LogP contribution in [0, 0.1) is 0 Å². The fourth-order valence-corrected chi connectivity index (χ4v) is 2.57. The summed E-state index contributed by atoms with van der Waals surface area (Å²) < 4.78 is 0. The van der Waals surface area contributed by atoms with E-state index in [0.29, 0.717) is 5.92 Å². The van der Waals surface area contributed by atoms with Gasteiger partial charge in [0.25, 0.3) is 0 Å². The van der Waals surface area contributed by atoms with Crippen LogP contribution in [0.2, 0.25) is 0 Å². The largest absolute Gasteiger partial charge is 0.388 e. The molecule has 1 nitrogen and oxygen atoms in total. The predicted octanol–water partition coefficient (Wildman–Crippen LogP) is 3.98. The van der Waals surface area contributed by atoms with Gasteiger partial charge in [0.1, 0.15) is 0 Å². The smallest absolute Gasteiger partial charge is 0.0887 e.